The molecule has 0 unspecified atom stereocenters. The van der Waals surface area contributed by atoms with E-state index in [1.54, 1.807) is 29.2 Å². The Morgan fingerprint density at radius 1 is 1.44 bits per heavy atom. The number of nitrogen functional groups attached to an aromatic ring is 1. The average molecular weight is 248 g/mol. The molecule has 1 fully saturated rings. The molecular weight excluding hydrogens is 232 g/mol. The van der Waals surface area contributed by atoms with Crippen LogP contribution in [0, 0.1) is 0 Å². The van der Waals surface area contributed by atoms with Gasteiger partial charge in [0, 0.05) is 13.1 Å². The minimum atomic E-state index is -0.164. The van der Waals surface area contributed by atoms with Gasteiger partial charge in [0.05, 0.1) is 24.5 Å². The van der Waals surface area contributed by atoms with E-state index in [9.17, 15) is 9.59 Å². The van der Waals surface area contributed by atoms with Gasteiger partial charge in [-0.2, -0.15) is 0 Å². The van der Waals surface area contributed by atoms with Crippen molar-refractivity contribution >= 4 is 23.2 Å². The molecule has 0 spiro atoms. The maximum atomic E-state index is 11.8. The second-order valence-corrected chi connectivity index (χ2v) is 4.20. The van der Waals surface area contributed by atoms with Crippen molar-refractivity contribution < 1.29 is 9.59 Å². The second kappa shape index (κ2) is 5.50. The molecule has 18 heavy (non-hydrogen) atoms. The molecule has 0 radical (unpaired) electrons. The SMILES string of the molecule is Nc1ccccc1NC(=O)CN1CCNC(=O)C1. The Hall–Kier alpha value is -2.08. The highest BCUT2D eigenvalue weighted by Gasteiger charge is 2.18. The molecule has 1 saturated heterocycles. The molecule has 1 aromatic rings. The monoisotopic (exact) mass is 248 g/mol. The Morgan fingerprint density at radius 3 is 2.94 bits per heavy atom. The van der Waals surface area contributed by atoms with E-state index in [2.05, 4.69) is 10.6 Å². The van der Waals surface area contributed by atoms with Crippen molar-refractivity contribution in [3.8, 4) is 0 Å². The van der Waals surface area contributed by atoms with E-state index in [-0.39, 0.29) is 24.9 Å². The van der Waals surface area contributed by atoms with Gasteiger partial charge in [0.1, 0.15) is 0 Å². The van der Waals surface area contributed by atoms with Crippen LogP contribution >= 0.6 is 0 Å². The molecule has 0 atom stereocenters. The van der Waals surface area contributed by atoms with Gasteiger partial charge in [-0.25, -0.2) is 0 Å². The third-order valence-corrected chi connectivity index (χ3v) is 2.72. The number of piperazine rings is 1. The van der Waals surface area contributed by atoms with E-state index in [1.165, 1.54) is 0 Å². The second-order valence-electron chi connectivity index (χ2n) is 4.20. The van der Waals surface area contributed by atoms with Crippen LogP contribution in [0.3, 0.4) is 0 Å². The largest absolute Gasteiger partial charge is 0.397 e. The lowest BCUT2D eigenvalue weighted by Crippen LogP contribution is -2.49. The number of rotatable bonds is 3. The summed E-state index contributed by atoms with van der Waals surface area (Å²) in [5.74, 6) is -0.212. The zero-order valence-electron chi connectivity index (χ0n) is 9.98. The Morgan fingerprint density at radius 2 is 2.22 bits per heavy atom. The first-order valence-electron chi connectivity index (χ1n) is 5.78. The highest BCUT2D eigenvalue weighted by Crippen LogP contribution is 2.16. The molecule has 0 aliphatic carbocycles. The summed E-state index contributed by atoms with van der Waals surface area (Å²) in [5, 5.41) is 5.45. The quantitative estimate of drug-likeness (QED) is 0.637. The molecule has 2 amide bonds. The van der Waals surface area contributed by atoms with Crippen molar-refractivity contribution in [3.05, 3.63) is 24.3 Å². The van der Waals surface area contributed by atoms with Crippen LogP contribution in [-0.2, 0) is 9.59 Å². The molecule has 1 aromatic carbocycles. The van der Waals surface area contributed by atoms with Gasteiger partial charge in [-0.15, -0.1) is 0 Å². The molecular formula is C12H16N4O2. The highest BCUT2D eigenvalue weighted by atomic mass is 16.2. The van der Waals surface area contributed by atoms with Gasteiger partial charge in [-0.05, 0) is 12.1 Å². The van der Waals surface area contributed by atoms with Crippen molar-refractivity contribution in [1.29, 1.82) is 0 Å². The number of carbonyl (C=O) groups is 2. The van der Waals surface area contributed by atoms with Crippen molar-refractivity contribution in [3.63, 3.8) is 0 Å². The number of hydrogen-bond donors (Lipinski definition) is 3. The number of nitrogens with two attached hydrogens (primary N) is 1. The number of benzene rings is 1. The lowest BCUT2D eigenvalue weighted by molar-refractivity contribution is -0.125. The molecule has 6 heteroatoms. The molecule has 1 aliphatic rings. The van der Waals surface area contributed by atoms with Crippen LogP contribution < -0.4 is 16.4 Å². The van der Waals surface area contributed by atoms with Crippen molar-refractivity contribution in [2.75, 3.05) is 37.2 Å². The Balaban J connectivity index is 1.89. The van der Waals surface area contributed by atoms with Gasteiger partial charge in [-0.1, -0.05) is 12.1 Å². The first-order valence-corrected chi connectivity index (χ1v) is 5.78. The van der Waals surface area contributed by atoms with Crippen molar-refractivity contribution in [1.82, 2.24) is 10.2 Å². The highest BCUT2D eigenvalue weighted by molar-refractivity contribution is 5.95. The maximum absolute atomic E-state index is 11.8. The summed E-state index contributed by atoms with van der Waals surface area (Å²) >= 11 is 0. The molecule has 6 nitrogen and oxygen atoms in total. The predicted octanol–water partition coefficient (Wildman–Crippen LogP) is -0.361. The molecule has 1 aliphatic heterocycles. The van der Waals surface area contributed by atoms with Crippen LogP contribution in [0.15, 0.2) is 24.3 Å². The molecule has 2 rings (SSSR count). The number of carbonyl (C=O) groups excluding carboxylic acids is 2. The molecule has 4 N–H and O–H groups in total. The van der Waals surface area contributed by atoms with E-state index >= 15 is 0 Å². The summed E-state index contributed by atoms with van der Waals surface area (Å²) in [6.45, 7) is 1.72. The van der Waals surface area contributed by atoms with Crippen LogP contribution in [0.4, 0.5) is 11.4 Å². The molecule has 1 heterocycles. The fraction of sp³-hybridized carbons (Fsp3) is 0.333. The van der Waals surface area contributed by atoms with Crippen LogP contribution in [0.1, 0.15) is 0 Å². The van der Waals surface area contributed by atoms with E-state index in [0.717, 1.165) is 0 Å². The van der Waals surface area contributed by atoms with Crippen molar-refractivity contribution in [2.24, 2.45) is 0 Å². The number of nitrogens with one attached hydrogen (secondary N) is 2. The van der Waals surface area contributed by atoms with Crippen LogP contribution in [0.5, 0.6) is 0 Å². The lowest BCUT2D eigenvalue weighted by atomic mass is 10.2. The van der Waals surface area contributed by atoms with Gasteiger partial charge >= 0.3 is 0 Å². The van der Waals surface area contributed by atoms with E-state index in [0.29, 0.717) is 24.5 Å². The average Bonchev–Trinajstić information content (AvgIpc) is 2.32. The Kier molecular flexibility index (Phi) is 3.78. The molecule has 96 valence electrons. The van der Waals surface area contributed by atoms with Gasteiger partial charge in [0.25, 0.3) is 0 Å². The van der Waals surface area contributed by atoms with Gasteiger partial charge in [0.15, 0.2) is 0 Å². The summed E-state index contributed by atoms with van der Waals surface area (Å²) in [4.78, 5) is 24.8. The number of anilines is 2. The normalized spacial score (nSPS) is 16.1. The number of nitrogens with zero attached hydrogens (tertiary/aromatic N) is 1. The van der Waals surface area contributed by atoms with Gasteiger partial charge in [0.2, 0.25) is 11.8 Å². The fourth-order valence-electron chi connectivity index (χ4n) is 1.83. The lowest BCUT2D eigenvalue weighted by Gasteiger charge is -2.25. The number of para-hydroxylation sites is 2. The first kappa shape index (κ1) is 12.4. The van der Waals surface area contributed by atoms with Gasteiger partial charge < -0.3 is 16.4 Å². The molecule has 0 bridgehead atoms. The minimum Gasteiger partial charge on any atom is -0.397 e. The molecule has 0 saturated carbocycles. The van der Waals surface area contributed by atoms with Crippen molar-refractivity contribution in [2.45, 2.75) is 0 Å². The van der Waals surface area contributed by atoms with E-state index < -0.39 is 0 Å². The summed E-state index contributed by atoms with van der Waals surface area (Å²) in [6, 6.07) is 7.08. The third kappa shape index (κ3) is 3.21. The van der Waals surface area contributed by atoms with Gasteiger partial charge in [-0.3, -0.25) is 14.5 Å². The number of hydrogen-bond acceptors (Lipinski definition) is 4. The van der Waals surface area contributed by atoms with Crippen LogP contribution in [-0.4, -0.2) is 42.9 Å². The maximum Gasteiger partial charge on any atom is 0.238 e. The Bertz CT molecular complexity index is 461. The summed E-state index contributed by atoms with van der Waals surface area (Å²) in [5.41, 5.74) is 6.86. The Labute approximate surface area is 105 Å². The van der Waals surface area contributed by atoms with E-state index in [4.69, 9.17) is 5.73 Å². The van der Waals surface area contributed by atoms with E-state index in [1.807, 2.05) is 0 Å². The zero-order valence-corrected chi connectivity index (χ0v) is 9.98. The molecule has 0 aromatic heterocycles. The summed E-state index contributed by atoms with van der Waals surface area (Å²) < 4.78 is 0. The van der Waals surface area contributed by atoms with Crippen LogP contribution in [0.25, 0.3) is 0 Å². The smallest absolute Gasteiger partial charge is 0.238 e. The topological polar surface area (TPSA) is 87.5 Å². The summed E-state index contributed by atoms with van der Waals surface area (Å²) in [7, 11) is 0. The standard InChI is InChI=1S/C12H16N4O2/c13-9-3-1-2-4-10(9)15-12(18)8-16-6-5-14-11(17)7-16/h1-4H,5-8,13H2,(H,14,17)(H,15,18). The minimum absolute atomic E-state index is 0.0479. The van der Waals surface area contributed by atoms with Crippen LogP contribution in [0.2, 0.25) is 0 Å². The summed E-state index contributed by atoms with van der Waals surface area (Å²) in [6.07, 6.45) is 0. The first-order chi connectivity index (χ1) is 8.65. The third-order valence-electron chi connectivity index (χ3n) is 2.72. The fourth-order valence-corrected chi connectivity index (χ4v) is 1.83. The number of amides is 2. The zero-order chi connectivity index (χ0) is 13.0. The predicted molar refractivity (Wildman–Crippen MR) is 68.9 cm³/mol.